The molecule has 122 valence electrons. The minimum atomic E-state index is 0.172. The number of nitrogens with two attached hydrogens (primary N) is 1. The van der Waals surface area contributed by atoms with Crippen molar-refractivity contribution < 1.29 is 4.74 Å². The Kier molecular flexibility index (Phi) is 9.74. The molecule has 1 atom stereocenters. The van der Waals surface area contributed by atoms with E-state index in [9.17, 15) is 0 Å². The van der Waals surface area contributed by atoms with Gasteiger partial charge in [0.15, 0.2) is 0 Å². The zero-order chi connectivity index (χ0) is 15.6. The van der Waals surface area contributed by atoms with Gasteiger partial charge >= 0.3 is 0 Å². The molecule has 0 aliphatic carbocycles. The maximum Gasteiger partial charge on any atom is 0.0631 e. The van der Waals surface area contributed by atoms with E-state index in [0.29, 0.717) is 19.3 Å². The second kappa shape index (κ2) is 9.78. The van der Waals surface area contributed by atoms with Crippen LogP contribution < -0.4 is 5.73 Å². The van der Waals surface area contributed by atoms with Gasteiger partial charge in [0.25, 0.3) is 0 Å². The van der Waals surface area contributed by atoms with E-state index in [1.165, 1.54) is 38.5 Å². The Morgan fingerprint density at radius 3 is 1.95 bits per heavy atom. The predicted molar refractivity (Wildman–Crippen MR) is 90.0 cm³/mol. The van der Waals surface area contributed by atoms with E-state index < -0.39 is 0 Å². The molecule has 0 saturated carbocycles. The first kappa shape index (κ1) is 19.9. The predicted octanol–water partition coefficient (Wildman–Crippen LogP) is 5.15. The van der Waals surface area contributed by atoms with E-state index in [-0.39, 0.29) is 10.8 Å². The number of ether oxygens (including phenoxy) is 1. The Hall–Kier alpha value is -0.0800. The third kappa shape index (κ3) is 7.08. The van der Waals surface area contributed by atoms with Crippen LogP contribution in [0.3, 0.4) is 0 Å². The van der Waals surface area contributed by atoms with Crippen LogP contribution in [0, 0.1) is 10.8 Å². The van der Waals surface area contributed by atoms with Gasteiger partial charge in [-0.25, -0.2) is 0 Å². The Balaban J connectivity index is 4.28. The summed E-state index contributed by atoms with van der Waals surface area (Å²) < 4.78 is 6.09. The lowest BCUT2D eigenvalue weighted by molar-refractivity contribution is -0.0779. The highest BCUT2D eigenvalue weighted by Gasteiger charge is 2.40. The standard InChI is InChI=1S/C18H39NO/c1-7-8-9-10-11-12-13-16(20-15-14-19)18(5,6)17(2,3)4/h16H,7-15,19H2,1-6H3. The van der Waals surface area contributed by atoms with Gasteiger partial charge in [0.1, 0.15) is 0 Å². The minimum Gasteiger partial charge on any atom is -0.376 e. The molecule has 0 aliphatic rings. The van der Waals surface area contributed by atoms with E-state index in [4.69, 9.17) is 10.5 Å². The maximum atomic E-state index is 6.09. The lowest BCUT2D eigenvalue weighted by Crippen LogP contribution is -2.43. The summed E-state index contributed by atoms with van der Waals surface area (Å²) in [6, 6.07) is 0. The molecule has 0 heterocycles. The zero-order valence-corrected chi connectivity index (χ0v) is 14.9. The molecule has 0 fully saturated rings. The van der Waals surface area contributed by atoms with Gasteiger partial charge in [-0.2, -0.15) is 0 Å². The fraction of sp³-hybridized carbons (Fsp3) is 1.00. The van der Waals surface area contributed by atoms with Crippen molar-refractivity contribution in [3.63, 3.8) is 0 Å². The average Bonchev–Trinajstić information content (AvgIpc) is 2.35. The van der Waals surface area contributed by atoms with Crippen molar-refractivity contribution in [3.05, 3.63) is 0 Å². The third-order valence-corrected chi connectivity index (χ3v) is 4.99. The lowest BCUT2D eigenvalue weighted by Gasteiger charge is -2.45. The zero-order valence-electron chi connectivity index (χ0n) is 14.9. The second-order valence-corrected chi connectivity index (χ2v) is 7.68. The number of hydrogen-bond donors (Lipinski definition) is 1. The maximum absolute atomic E-state index is 6.09. The Labute approximate surface area is 127 Å². The molecular formula is C18H39NO. The number of unbranched alkanes of at least 4 members (excludes halogenated alkanes) is 5. The normalized spacial score (nSPS) is 14.6. The van der Waals surface area contributed by atoms with Crippen LogP contribution in [0.5, 0.6) is 0 Å². The van der Waals surface area contributed by atoms with Gasteiger partial charge in [0, 0.05) is 6.54 Å². The van der Waals surface area contributed by atoms with E-state index in [0.717, 1.165) is 6.42 Å². The lowest BCUT2D eigenvalue weighted by atomic mass is 9.65. The molecule has 0 aliphatic heterocycles. The molecule has 1 unspecified atom stereocenters. The largest absolute Gasteiger partial charge is 0.376 e. The van der Waals surface area contributed by atoms with E-state index in [1.807, 2.05) is 0 Å². The average molecular weight is 286 g/mol. The molecule has 0 saturated heterocycles. The highest BCUT2D eigenvalue weighted by Crippen LogP contribution is 2.43. The molecule has 0 aromatic carbocycles. The van der Waals surface area contributed by atoms with Gasteiger partial charge in [0.2, 0.25) is 0 Å². The fourth-order valence-electron chi connectivity index (χ4n) is 2.46. The van der Waals surface area contributed by atoms with Gasteiger partial charge in [-0.05, 0) is 17.3 Å². The summed E-state index contributed by atoms with van der Waals surface area (Å²) >= 11 is 0. The van der Waals surface area contributed by atoms with Crippen LogP contribution in [0.25, 0.3) is 0 Å². The van der Waals surface area contributed by atoms with Gasteiger partial charge in [0.05, 0.1) is 12.7 Å². The van der Waals surface area contributed by atoms with E-state index >= 15 is 0 Å². The van der Waals surface area contributed by atoms with Crippen molar-refractivity contribution in [3.8, 4) is 0 Å². The summed E-state index contributed by atoms with van der Waals surface area (Å²) in [5.41, 5.74) is 6.03. The smallest absolute Gasteiger partial charge is 0.0631 e. The van der Waals surface area contributed by atoms with Crippen molar-refractivity contribution in [2.24, 2.45) is 16.6 Å². The molecule has 2 N–H and O–H groups in total. The molecule has 0 rings (SSSR count). The third-order valence-electron chi connectivity index (χ3n) is 4.99. The fourth-order valence-corrected chi connectivity index (χ4v) is 2.46. The van der Waals surface area contributed by atoms with Crippen LogP contribution in [0.15, 0.2) is 0 Å². The van der Waals surface area contributed by atoms with Crippen LogP contribution >= 0.6 is 0 Å². The minimum absolute atomic E-state index is 0.172. The molecule has 0 spiro atoms. The summed E-state index contributed by atoms with van der Waals surface area (Å²) in [7, 11) is 0. The van der Waals surface area contributed by atoms with Crippen LogP contribution in [0.2, 0.25) is 0 Å². The topological polar surface area (TPSA) is 35.2 Å². The quantitative estimate of drug-likeness (QED) is 0.533. The van der Waals surface area contributed by atoms with Gasteiger partial charge in [-0.15, -0.1) is 0 Å². The van der Waals surface area contributed by atoms with Crippen molar-refractivity contribution >= 4 is 0 Å². The first-order chi connectivity index (χ1) is 9.27. The first-order valence-electron chi connectivity index (χ1n) is 8.59. The molecule has 0 bridgehead atoms. The first-order valence-corrected chi connectivity index (χ1v) is 8.59. The summed E-state index contributed by atoms with van der Waals surface area (Å²) in [5, 5.41) is 0. The summed E-state index contributed by atoms with van der Waals surface area (Å²) in [6.07, 6.45) is 9.54. The molecule has 20 heavy (non-hydrogen) atoms. The Morgan fingerprint density at radius 2 is 1.45 bits per heavy atom. The molecular weight excluding hydrogens is 246 g/mol. The highest BCUT2D eigenvalue weighted by molar-refractivity contribution is 4.89. The SMILES string of the molecule is CCCCCCCCC(OCCN)C(C)(C)C(C)(C)C. The highest BCUT2D eigenvalue weighted by atomic mass is 16.5. The van der Waals surface area contributed by atoms with E-state index in [1.54, 1.807) is 0 Å². The van der Waals surface area contributed by atoms with Gasteiger partial charge in [-0.3, -0.25) is 0 Å². The molecule has 0 radical (unpaired) electrons. The van der Waals surface area contributed by atoms with Crippen molar-refractivity contribution in [1.29, 1.82) is 0 Å². The Morgan fingerprint density at radius 1 is 0.900 bits per heavy atom. The molecule has 0 amide bonds. The monoisotopic (exact) mass is 285 g/mol. The molecule has 0 aromatic rings. The summed E-state index contributed by atoms with van der Waals surface area (Å²) in [5.74, 6) is 0. The van der Waals surface area contributed by atoms with Crippen LogP contribution in [0.1, 0.15) is 86.5 Å². The van der Waals surface area contributed by atoms with Crippen molar-refractivity contribution in [2.45, 2.75) is 92.6 Å². The second-order valence-electron chi connectivity index (χ2n) is 7.68. The van der Waals surface area contributed by atoms with Crippen LogP contribution in [-0.2, 0) is 4.74 Å². The van der Waals surface area contributed by atoms with Crippen LogP contribution in [0.4, 0.5) is 0 Å². The number of rotatable bonds is 11. The number of hydrogen-bond acceptors (Lipinski definition) is 2. The van der Waals surface area contributed by atoms with Gasteiger partial charge < -0.3 is 10.5 Å². The molecule has 2 nitrogen and oxygen atoms in total. The molecule has 2 heteroatoms. The Bertz CT molecular complexity index is 230. The van der Waals surface area contributed by atoms with E-state index in [2.05, 4.69) is 41.5 Å². The molecule has 0 aromatic heterocycles. The van der Waals surface area contributed by atoms with Crippen molar-refractivity contribution in [1.82, 2.24) is 0 Å². The summed E-state index contributed by atoms with van der Waals surface area (Å²) in [4.78, 5) is 0. The van der Waals surface area contributed by atoms with Crippen LogP contribution in [-0.4, -0.2) is 19.3 Å². The summed E-state index contributed by atoms with van der Waals surface area (Å²) in [6.45, 7) is 15.2. The van der Waals surface area contributed by atoms with Crippen molar-refractivity contribution in [2.75, 3.05) is 13.2 Å². The van der Waals surface area contributed by atoms with Gasteiger partial charge in [-0.1, -0.05) is 80.1 Å².